The highest BCUT2D eigenvalue weighted by Crippen LogP contribution is 2.30. The molecular weight excluding hydrogens is 350 g/mol. The first-order valence-corrected chi connectivity index (χ1v) is 9.92. The monoisotopic (exact) mass is 377 g/mol. The molecule has 1 amide bonds. The van der Waals surface area contributed by atoms with E-state index in [1.165, 1.54) is 5.56 Å². The largest absolute Gasteiger partial charge is 0.493 e. The molecule has 0 spiro atoms. The summed E-state index contributed by atoms with van der Waals surface area (Å²) in [6, 6.07) is 14.5. The van der Waals surface area contributed by atoms with E-state index in [1.54, 1.807) is 4.90 Å². The minimum Gasteiger partial charge on any atom is -0.493 e. The Morgan fingerprint density at radius 2 is 2.00 bits per heavy atom. The number of aromatic nitrogens is 2. The van der Waals surface area contributed by atoms with Gasteiger partial charge in [-0.25, -0.2) is 4.98 Å². The number of rotatable bonds is 6. The highest BCUT2D eigenvalue weighted by Gasteiger charge is 2.31. The van der Waals surface area contributed by atoms with Crippen LogP contribution >= 0.6 is 0 Å². The number of ether oxygens (including phenoxy) is 1. The minimum atomic E-state index is 0.157. The number of imidazole rings is 1. The van der Waals surface area contributed by atoms with Crippen LogP contribution in [0.4, 0.5) is 0 Å². The van der Waals surface area contributed by atoms with Crippen LogP contribution in [-0.4, -0.2) is 40.6 Å². The van der Waals surface area contributed by atoms with Crippen molar-refractivity contribution in [1.29, 1.82) is 0 Å². The molecule has 1 aliphatic rings. The number of amides is 1. The second kappa shape index (κ2) is 7.66. The number of carbonyl (C=O) groups is 1. The number of nitrogens with zero attached hydrogens (tertiary/aromatic N) is 3. The fourth-order valence-corrected chi connectivity index (χ4v) is 3.94. The molecule has 5 heteroatoms. The average molecular weight is 377 g/mol. The number of benzene rings is 2. The van der Waals surface area contributed by atoms with Crippen LogP contribution in [0, 0.1) is 13.8 Å². The first-order chi connectivity index (χ1) is 13.5. The molecule has 5 nitrogen and oxygen atoms in total. The third-order valence-electron chi connectivity index (χ3n) is 5.52. The van der Waals surface area contributed by atoms with Crippen molar-refractivity contribution in [1.82, 2.24) is 14.5 Å². The van der Waals surface area contributed by atoms with Crippen LogP contribution in [-0.2, 0) is 11.3 Å². The summed E-state index contributed by atoms with van der Waals surface area (Å²) in [5, 5.41) is 0. The summed E-state index contributed by atoms with van der Waals surface area (Å²) in [7, 11) is 1.87. The molecule has 1 fully saturated rings. The van der Waals surface area contributed by atoms with Gasteiger partial charge >= 0.3 is 0 Å². The van der Waals surface area contributed by atoms with Crippen molar-refractivity contribution in [2.75, 3.05) is 20.2 Å². The number of hydrogen-bond donors (Lipinski definition) is 0. The predicted octanol–water partition coefficient (Wildman–Crippen LogP) is 4.07. The van der Waals surface area contributed by atoms with Gasteiger partial charge in [-0.3, -0.25) is 4.79 Å². The van der Waals surface area contributed by atoms with E-state index in [-0.39, 0.29) is 11.8 Å². The summed E-state index contributed by atoms with van der Waals surface area (Å²) in [5.41, 5.74) is 4.49. The topological polar surface area (TPSA) is 47.4 Å². The van der Waals surface area contributed by atoms with E-state index >= 15 is 0 Å². The predicted molar refractivity (Wildman–Crippen MR) is 111 cm³/mol. The third-order valence-corrected chi connectivity index (χ3v) is 5.52. The van der Waals surface area contributed by atoms with Crippen LogP contribution < -0.4 is 4.74 Å². The molecule has 2 heterocycles. The zero-order valence-electron chi connectivity index (χ0n) is 16.8. The molecule has 2 aromatic carbocycles. The molecule has 4 rings (SSSR count). The summed E-state index contributed by atoms with van der Waals surface area (Å²) < 4.78 is 8.31. The van der Waals surface area contributed by atoms with E-state index in [2.05, 4.69) is 42.7 Å². The highest BCUT2D eigenvalue weighted by molar-refractivity contribution is 5.80. The lowest BCUT2D eigenvalue weighted by Crippen LogP contribution is -2.19. The Hall–Kier alpha value is -2.82. The normalized spacial score (nSPS) is 16.9. The number of likely N-dealkylation sites (N-methyl/N-ethyl adjacent to an activating group) is 1. The zero-order valence-corrected chi connectivity index (χ0v) is 16.8. The van der Waals surface area contributed by atoms with Gasteiger partial charge in [0, 0.05) is 32.5 Å². The maximum absolute atomic E-state index is 12.0. The third kappa shape index (κ3) is 3.61. The standard InChI is InChI=1S/C23H27N3O2/c1-16-9-10-17(2)21(13-16)28-12-6-11-26-20-8-5-4-7-19(20)24-23(26)18-14-22(27)25(3)15-18/h4-5,7-10,13,18H,6,11-12,14-15H2,1-3H3. The SMILES string of the molecule is Cc1ccc(C)c(OCCCn2c(C3CC(=O)N(C)C3)nc3ccccc32)c1. The Balaban J connectivity index is 1.50. The van der Waals surface area contributed by atoms with Crippen LogP contribution in [0.3, 0.4) is 0 Å². The lowest BCUT2D eigenvalue weighted by Gasteiger charge is -2.15. The molecule has 0 bridgehead atoms. The van der Waals surface area contributed by atoms with Crippen molar-refractivity contribution in [2.45, 2.75) is 39.2 Å². The molecule has 1 unspecified atom stereocenters. The van der Waals surface area contributed by atoms with E-state index < -0.39 is 0 Å². The van der Waals surface area contributed by atoms with Gasteiger partial charge in [0.15, 0.2) is 0 Å². The Morgan fingerprint density at radius 3 is 2.79 bits per heavy atom. The Labute approximate surface area is 165 Å². The van der Waals surface area contributed by atoms with Gasteiger partial charge in [0.25, 0.3) is 0 Å². The minimum absolute atomic E-state index is 0.157. The number of hydrogen-bond acceptors (Lipinski definition) is 3. The van der Waals surface area contributed by atoms with Gasteiger partial charge in [0.05, 0.1) is 17.6 Å². The molecule has 28 heavy (non-hydrogen) atoms. The Kier molecular flexibility index (Phi) is 5.07. The van der Waals surface area contributed by atoms with Crippen molar-refractivity contribution in [2.24, 2.45) is 0 Å². The van der Waals surface area contributed by atoms with Gasteiger partial charge in [-0.2, -0.15) is 0 Å². The first-order valence-electron chi connectivity index (χ1n) is 9.92. The number of aryl methyl sites for hydroxylation is 3. The fraction of sp³-hybridized carbons (Fsp3) is 0.391. The van der Waals surface area contributed by atoms with E-state index in [4.69, 9.17) is 9.72 Å². The lowest BCUT2D eigenvalue weighted by molar-refractivity contribution is -0.126. The van der Waals surface area contributed by atoms with E-state index in [1.807, 2.05) is 25.2 Å². The van der Waals surface area contributed by atoms with Gasteiger partial charge in [-0.1, -0.05) is 24.3 Å². The summed E-state index contributed by atoms with van der Waals surface area (Å²) in [4.78, 5) is 18.7. The van der Waals surface area contributed by atoms with Gasteiger partial charge in [-0.05, 0) is 49.6 Å². The molecule has 0 N–H and O–H groups in total. The average Bonchev–Trinajstić information content (AvgIpc) is 3.21. The van der Waals surface area contributed by atoms with Crippen LogP contribution in [0.15, 0.2) is 42.5 Å². The summed E-state index contributed by atoms with van der Waals surface area (Å²) >= 11 is 0. The maximum Gasteiger partial charge on any atom is 0.223 e. The molecule has 0 saturated carbocycles. The summed E-state index contributed by atoms with van der Waals surface area (Å²) in [6.45, 7) is 6.37. The number of carbonyl (C=O) groups excluding carboxylic acids is 1. The van der Waals surface area contributed by atoms with Crippen molar-refractivity contribution in [3.8, 4) is 5.75 Å². The first kappa shape index (κ1) is 18.5. The summed E-state index contributed by atoms with van der Waals surface area (Å²) in [6.07, 6.45) is 1.43. The summed E-state index contributed by atoms with van der Waals surface area (Å²) in [5.74, 6) is 2.33. The molecule has 1 aromatic heterocycles. The second-order valence-corrected chi connectivity index (χ2v) is 7.76. The molecular formula is C23H27N3O2. The molecule has 0 aliphatic carbocycles. The molecule has 146 valence electrons. The second-order valence-electron chi connectivity index (χ2n) is 7.76. The van der Waals surface area contributed by atoms with Crippen molar-refractivity contribution >= 4 is 16.9 Å². The fourth-order valence-electron chi connectivity index (χ4n) is 3.94. The van der Waals surface area contributed by atoms with Crippen molar-refractivity contribution in [3.05, 3.63) is 59.4 Å². The molecule has 1 aliphatic heterocycles. The van der Waals surface area contributed by atoms with Gasteiger partial charge in [-0.15, -0.1) is 0 Å². The van der Waals surface area contributed by atoms with Gasteiger partial charge < -0.3 is 14.2 Å². The quantitative estimate of drug-likeness (QED) is 0.609. The van der Waals surface area contributed by atoms with E-state index in [0.29, 0.717) is 13.0 Å². The number of para-hydroxylation sites is 2. The highest BCUT2D eigenvalue weighted by atomic mass is 16.5. The molecule has 0 radical (unpaired) electrons. The zero-order chi connectivity index (χ0) is 19.7. The molecule has 3 aromatic rings. The van der Waals surface area contributed by atoms with Crippen LogP contribution in [0.25, 0.3) is 11.0 Å². The molecule has 1 saturated heterocycles. The Morgan fingerprint density at radius 1 is 1.18 bits per heavy atom. The van der Waals surface area contributed by atoms with Crippen molar-refractivity contribution in [3.63, 3.8) is 0 Å². The van der Waals surface area contributed by atoms with E-state index in [0.717, 1.165) is 47.7 Å². The number of fused-ring (bicyclic) bond motifs is 1. The molecule has 1 atom stereocenters. The lowest BCUT2D eigenvalue weighted by atomic mass is 10.1. The van der Waals surface area contributed by atoms with E-state index in [9.17, 15) is 4.79 Å². The van der Waals surface area contributed by atoms with Gasteiger partial charge in [0.2, 0.25) is 5.91 Å². The smallest absolute Gasteiger partial charge is 0.223 e. The number of likely N-dealkylation sites (tertiary alicyclic amines) is 1. The van der Waals surface area contributed by atoms with Crippen LogP contribution in [0.2, 0.25) is 0 Å². The van der Waals surface area contributed by atoms with Crippen LogP contribution in [0.5, 0.6) is 5.75 Å². The van der Waals surface area contributed by atoms with Gasteiger partial charge in [0.1, 0.15) is 11.6 Å². The Bertz CT molecular complexity index is 1010. The van der Waals surface area contributed by atoms with Crippen LogP contribution in [0.1, 0.15) is 35.7 Å². The maximum atomic E-state index is 12.0. The van der Waals surface area contributed by atoms with Crippen molar-refractivity contribution < 1.29 is 9.53 Å².